The Morgan fingerprint density at radius 2 is 2.05 bits per heavy atom. The third-order valence-electron chi connectivity index (χ3n) is 4.85. The first kappa shape index (κ1) is 16.9. The fraction of sp³-hybridized carbons (Fsp3) is 0.667. The van der Waals surface area contributed by atoms with Crippen molar-refractivity contribution in [2.24, 2.45) is 5.92 Å². The molecule has 1 aromatic rings. The highest BCUT2D eigenvalue weighted by atomic mass is 32.2. The zero-order chi connectivity index (χ0) is 15.1. The largest absolute Gasteiger partial charge is 0.394 e. The number of aliphatic hydroxyl groups excluding tert-OH is 1. The second-order valence-electron chi connectivity index (χ2n) is 6.37. The molecule has 0 saturated heterocycles. The predicted molar refractivity (Wildman–Crippen MR) is 92.8 cm³/mol. The monoisotopic (exact) mass is 307 g/mol. The van der Waals surface area contributed by atoms with Crippen LogP contribution in [0.1, 0.15) is 44.6 Å². The Hall–Kier alpha value is -0.510. The van der Waals surface area contributed by atoms with Gasteiger partial charge in [-0.2, -0.15) is 11.8 Å². The van der Waals surface area contributed by atoms with Crippen molar-refractivity contribution in [1.29, 1.82) is 0 Å². The van der Waals surface area contributed by atoms with Gasteiger partial charge < -0.3 is 10.4 Å². The molecule has 1 fully saturated rings. The highest BCUT2D eigenvalue weighted by molar-refractivity contribution is 7.99. The van der Waals surface area contributed by atoms with E-state index in [0.717, 1.165) is 23.3 Å². The number of hydrogen-bond acceptors (Lipinski definition) is 3. The van der Waals surface area contributed by atoms with Crippen LogP contribution in [0.2, 0.25) is 0 Å². The Morgan fingerprint density at radius 1 is 1.29 bits per heavy atom. The normalized spacial score (nSPS) is 25.5. The van der Waals surface area contributed by atoms with Gasteiger partial charge in [0.1, 0.15) is 0 Å². The van der Waals surface area contributed by atoms with E-state index in [1.54, 1.807) is 0 Å². The zero-order valence-electron chi connectivity index (χ0n) is 13.3. The summed E-state index contributed by atoms with van der Waals surface area (Å²) in [6, 6.07) is 10.3. The lowest BCUT2D eigenvalue weighted by molar-refractivity contribution is 0.165. The molecule has 0 aromatic heterocycles. The van der Waals surface area contributed by atoms with Crippen LogP contribution in [-0.2, 0) is 5.54 Å². The van der Waals surface area contributed by atoms with Gasteiger partial charge in [0, 0.05) is 5.25 Å². The molecule has 2 N–H and O–H groups in total. The molecular weight excluding hydrogens is 278 g/mol. The Bertz CT molecular complexity index is 405. The van der Waals surface area contributed by atoms with Gasteiger partial charge in [-0.05, 0) is 43.5 Å². The topological polar surface area (TPSA) is 32.3 Å². The number of hydrogen-bond donors (Lipinski definition) is 2. The van der Waals surface area contributed by atoms with E-state index in [1.165, 1.54) is 31.2 Å². The Morgan fingerprint density at radius 3 is 2.67 bits per heavy atom. The van der Waals surface area contributed by atoms with Crippen LogP contribution in [0.5, 0.6) is 0 Å². The first-order valence-corrected chi connectivity index (χ1v) is 9.22. The van der Waals surface area contributed by atoms with E-state index in [1.807, 2.05) is 25.2 Å². The molecule has 0 aliphatic heterocycles. The summed E-state index contributed by atoms with van der Waals surface area (Å²) in [5, 5.41) is 14.1. The molecule has 0 amide bonds. The fourth-order valence-electron chi connectivity index (χ4n) is 3.35. The van der Waals surface area contributed by atoms with E-state index in [0.29, 0.717) is 0 Å². The van der Waals surface area contributed by atoms with Crippen molar-refractivity contribution in [3.05, 3.63) is 35.9 Å². The van der Waals surface area contributed by atoms with E-state index in [9.17, 15) is 5.11 Å². The maximum Gasteiger partial charge on any atom is 0.0674 e. The van der Waals surface area contributed by atoms with Crippen molar-refractivity contribution in [2.45, 2.75) is 49.8 Å². The fourth-order valence-corrected chi connectivity index (χ4v) is 4.95. The first-order chi connectivity index (χ1) is 10.2. The molecule has 3 heteroatoms. The van der Waals surface area contributed by atoms with Crippen LogP contribution < -0.4 is 5.32 Å². The predicted octanol–water partition coefficient (Wildman–Crippen LogP) is 3.80. The number of aliphatic hydroxyl groups is 1. The maximum atomic E-state index is 9.94. The molecule has 0 spiro atoms. The lowest BCUT2D eigenvalue weighted by Gasteiger charge is -2.33. The summed E-state index contributed by atoms with van der Waals surface area (Å²) in [6.07, 6.45) is 6.49. The molecule has 21 heavy (non-hydrogen) atoms. The molecule has 3 unspecified atom stereocenters. The number of nitrogens with one attached hydrogen (secondary N) is 1. The number of likely N-dealkylation sites (N-methyl/N-ethyl adjacent to an activating group) is 1. The summed E-state index contributed by atoms with van der Waals surface area (Å²) in [4.78, 5) is 0. The molecule has 1 aromatic carbocycles. The van der Waals surface area contributed by atoms with Crippen molar-refractivity contribution < 1.29 is 5.11 Å². The Kier molecular flexibility index (Phi) is 6.59. The molecule has 1 saturated carbocycles. The minimum absolute atomic E-state index is 0.148. The van der Waals surface area contributed by atoms with Crippen LogP contribution in [0.15, 0.2) is 30.3 Å². The van der Waals surface area contributed by atoms with E-state index in [-0.39, 0.29) is 12.1 Å². The smallest absolute Gasteiger partial charge is 0.0674 e. The minimum atomic E-state index is -0.297. The van der Waals surface area contributed by atoms with E-state index in [2.05, 4.69) is 36.1 Å². The summed E-state index contributed by atoms with van der Waals surface area (Å²) in [5.74, 6) is 1.99. The summed E-state index contributed by atoms with van der Waals surface area (Å²) >= 11 is 2.10. The van der Waals surface area contributed by atoms with Gasteiger partial charge in [0.25, 0.3) is 0 Å². The van der Waals surface area contributed by atoms with Gasteiger partial charge in [0.15, 0.2) is 0 Å². The molecule has 2 nitrogen and oxygen atoms in total. The molecule has 118 valence electrons. The van der Waals surface area contributed by atoms with Crippen LogP contribution in [-0.4, -0.2) is 29.8 Å². The lowest BCUT2D eigenvalue weighted by Crippen LogP contribution is -2.44. The maximum absolute atomic E-state index is 9.94. The van der Waals surface area contributed by atoms with E-state index < -0.39 is 0 Å². The summed E-state index contributed by atoms with van der Waals surface area (Å²) in [5.41, 5.74) is 0.891. The van der Waals surface area contributed by atoms with Crippen molar-refractivity contribution in [2.75, 3.05) is 19.4 Å². The molecule has 3 atom stereocenters. The van der Waals surface area contributed by atoms with Crippen LogP contribution in [0.25, 0.3) is 0 Å². The summed E-state index contributed by atoms with van der Waals surface area (Å²) < 4.78 is 0. The number of thioether (sulfide) groups is 1. The van der Waals surface area contributed by atoms with Crippen LogP contribution in [0, 0.1) is 5.92 Å². The van der Waals surface area contributed by atoms with Crippen LogP contribution in [0.4, 0.5) is 0 Å². The second-order valence-corrected chi connectivity index (χ2v) is 7.78. The molecule has 1 aliphatic rings. The molecule has 0 radical (unpaired) electrons. The molecule has 1 aliphatic carbocycles. The van der Waals surface area contributed by atoms with Crippen LogP contribution in [0.3, 0.4) is 0 Å². The van der Waals surface area contributed by atoms with Crippen LogP contribution >= 0.6 is 11.8 Å². The SMILES string of the molecule is CNC(CO)(CCSC1CCCC(C)C1)c1ccccc1. The standard InChI is InChI=1S/C18H29NOS/c1-15-7-6-10-17(13-15)21-12-11-18(14-20,19-2)16-8-4-3-5-9-16/h3-5,8-9,15,17,19-20H,6-7,10-14H2,1-2H3. The van der Waals surface area contributed by atoms with Crippen molar-refractivity contribution in [1.82, 2.24) is 5.32 Å². The molecular formula is C18H29NOS. The van der Waals surface area contributed by atoms with E-state index >= 15 is 0 Å². The van der Waals surface area contributed by atoms with Gasteiger partial charge in [-0.25, -0.2) is 0 Å². The average molecular weight is 308 g/mol. The highest BCUT2D eigenvalue weighted by Crippen LogP contribution is 2.34. The van der Waals surface area contributed by atoms with Gasteiger partial charge in [-0.15, -0.1) is 0 Å². The Labute approximate surface area is 133 Å². The number of benzene rings is 1. The molecule has 0 bridgehead atoms. The Balaban J connectivity index is 1.91. The third kappa shape index (κ3) is 4.48. The van der Waals surface area contributed by atoms with Crippen molar-refractivity contribution in [3.8, 4) is 0 Å². The van der Waals surface area contributed by atoms with Gasteiger partial charge in [0.05, 0.1) is 12.1 Å². The van der Waals surface area contributed by atoms with Crippen molar-refractivity contribution >= 4 is 11.8 Å². The van der Waals surface area contributed by atoms with Gasteiger partial charge in [0.2, 0.25) is 0 Å². The zero-order valence-corrected chi connectivity index (χ0v) is 14.2. The van der Waals surface area contributed by atoms with E-state index in [4.69, 9.17) is 0 Å². The first-order valence-electron chi connectivity index (χ1n) is 8.17. The number of rotatable bonds is 7. The molecule has 0 heterocycles. The summed E-state index contributed by atoms with van der Waals surface area (Å²) in [6.45, 7) is 2.53. The highest BCUT2D eigenvalue weighted by Gasteiger charge is 2.29. The third-order valence-corrected chi connectivity index (χ3v) is 6.18. The lowest BCUT2D eigenvalue weighted by atomic mass is 9.88. The van der Waals surface area contributed by atoms with Gasteiger partial charge in [-0.3, -0.25) is 0 Å². The van der Waals surface area contributed by atoms with Gasteiger partial charge in [-0.1, -0.05) is 50.1 Å². The van der Waals surface area contributed by atoms with Crippen molar-refractivity contribution in [3.63, 3.8) is 0 Å². The minimum Gasteiger partial charge on any atom is -0.394 e. The quantitative estimate of drug-likeness (QED) is 0.804. The van der Waals surface area contributed by atoms with Gasteiger partial charge >= 0.3 is 0 Å². The summed E-state index contributed by atoms with van der Waals surface area (Å²) in [7, 11) is 1.95. The molecule has 2 rings (SSSR count). The average Bonchev–Trinajstić information content (AvgIpc) is 2.53. The second kappa shape index (κ2) is 8.21.